The van der Waals surface area contributed by atoms with Crippen LogP contribution in [0.2, 0.25) is 0 Å². The van der Waals surface area contributed by atoms with Gasteiger partial charge in [-0.2, -0.15) is 5.26 Å². The number of nitrogens with zero attached hydrogens (tertiary/aromatic N) is 5. The summed E-state index contributed by atoms with van der Waals surface area (Å²) in [4.78, 5) is 2.21. The Labute approximate surface area is 124 Å². The zero-order chi connectivity index (χ0) is 14.5. The van der Waals surface area contributed by atoms with Crippen LogP contribution in [0, 0.1) is 17.2 Å². The maximum atomic E-state index is 8.97. The first-order chi connectivity index (χ1) is 9.61. The highest BCUT2D eigenvalue weighted by molar-refractivity contribution is 8.00. The van der Waals surface area contributed by atoms with Crippen molar-refractivity contribution in [2.45, 2.75) is 37.7 Å². The normalized spacial score (nSPS) is 17.2. The molecule has 1 aliphatic rings. The molecule has 0 aliphatic carbocycles. The summed E-state index contributed by atoms with van der Waals surface area (Å²) in [6.07, 6.45) is 0. The Hall–Kier alpha value is -1.26. The van der Waals surface area contributed by atoms with Crippen LogP contribution in [0.5, 0.6) is 0 Å². The van der Waals surface area contributed by atoms with E-state index in [-0.39, 0.29) is 5.25 Å². The van der Waals surface area contributed by atoms with Gasteiger partial charge in [0.05, 0.1) is 24.5 Å². The second-order valence-corrected chi connectivity index (χ2v) is 6.58. The van der Waals surface area contributed by atoms with E-state index < -0.39 is 0 Å². The topological polar surface area (TPSA) is 67.0 Å². The van der Waals surface area contributed by atoms with E-state index in [4.69, 9.17) is 10.00 Å². The third kappa shape index (κ3) is 3.64. The van der Waals surface area contributed by atoms with Crippen molar-refractivity contribution in [3.05, 3.63) is 0 Å². The van der Waals surface area contributed by atoms with Gasteiger partial charge >= 0.3 is 0 Å². The van der Waals surface area contributed by atoms with Gasteiger partial charge in [-0.25, -0.2) is 0 Å². The minimum Gasteiger partial charge on any atom is -0.378 e. The summed E-state index contributed by atoms with van der Waals surface area (Å²) < 4.78 is 7.52. The molecule has 110 valence electrons. The predicted octanol–water partition coefficient (Wildman–Crippen LogP) is 1.77. The van der Waals surface area contributed by atoms with Crippen molar-refractivity contribution in [3.8, 4) is 6.07 Å². The van der Waals surface area contributed by atoms with Crippen molar-refractivity contribution in [2.75, 3.05) is 31.2 Å². The summed E-state index contributed by atoms with van der Waals surface area (Å²) in [6, 6.07) is 2.23. The SMILES string of the molecule is CC(C)Cn1c(S[C@@H](C)C#N)nnc1N1CCOCC1. The lowest BCUT2D eigenvalue weighted by atomic mass is 10.2. The lowest BCUT2D eigenvalue weighted by molar-refractivity contribution is 0.121. The van der Waals surface area contributed by atoms with E-state index in [1.807, 2.05) is 6.92 Å². The first kappa shape index (κ1) is 15.1. The molecule has 7 heteroatoms. The maximum absolute atomic E-state index is 8.97. The minimum atomic E-state index is -0.123. The fourth-order valence-corrected chi connectivity index (χ4v) is 2.82. The van der Waals surface area contributed by atoms with Crippen LogP contribution >= 0.6 is 11.8 Å². The molecule has 1 saturated heterocycles. The molecule has 0 aromatic carbocycles. The number of nitriles is 1. The maximum Gasteiger partial charge on any atom is 0.228 e. The Balaban J connectivity index is 2.24. The predicted molar refractivity (Wildman–Crippen MR) is 78.8 cm³/mol. The Kier molecular flexibility index (Phi) is 5.26. The number of rotatable bonds is 5. The van der Waals surface area contributed by atoms with E-state index in [1.165, 1.54) is 11.8 Å². The summed E-state index contributed by atoms with van der Waals surface area (Å²) in [7, 11) is 0. The van der Waals surface area contributed by atoms with Crippen LogP contribution in [-0.2, 0) is 11.3 Å². The van der Waals surface area contributed by atoms with Crippen molar-refractivity contribution in [1.29, 1.82) is 5.26 Å². The molecule has 1 aromatic heterocycles. The molecule has 0 radical (unpaired) electrons. The number of thioether (sulfide) groups is 1. The Bertz CT molecular complexity index is 476. The highest BCUT2D eigenvalue weighted by Gasteiger charge is 2.22. The van der Waals surface area contributed by atoms with E-state index in [0.717, 1.165) is 44.0 Å². The molecule has 2 heterocycles. The van der Waals surface area contributed by atoms with Gasteiger partial charge in [0.15, 0.2) is 5.16 Å². The fourth-order valence-electron chi connectivity index (χ4n) is 2.07. The van der Waals surface area contributed by atoms with Crippen molar-refractivity contribution >= 4 is 17.7 Å². The molecule has 1 fully saturated rings. The molecule has 0 amide bonds. The van der Waals surface area contributed by atoms with Crippen molar-refractivity contribution in [2.24, 2.45) is 5.92 Å². The molecule has 6 nitrogen and oxygen atoms in total. The van der Waals surface area contributed by atoms with Crippen LogP contribution in [0.3, 0.4) is 0 Å². The number of morpholine rings is 1. The molecular weight excluding hydrogens is 274 g/mol. The van der Waals surface area contributed by atoms with Crippen LogP contribution in [0.25, 0.3) is 0 Å². The van der Waals surface area contributed by atoms with Gasteiger partial charge in [0.1, 0.15) is 0 Å². The average Bonchev–Trinajstić information content (AvgIpc) is 2.82. The molecule has 0 saturated carbocycles. The van der Waals surface area contributed by atoms with Gasteiger partial charge in [-0.3, -0.25) is 4.57 Å². The molecule has 0 N–H and O–H groups in total. The third-order valence-corrected chi connectivity index (χ3v) is 3.97. The molecular formula is C13H21N5OS. The van der Waals surface area contributed by atoms with Gasteiger partial charge in [-0.1, -0.05) is 25.6 Å². The Morgan fingerprint density at radius 2 is 2.00 bits per heavy atom. The Morgan fingerprint density at radius 1 is 1.30 bits per heavy atom. The summed E-state index contributed by atoms with van der Waals surface area (Å²) in [5.41, 5.74) is 0. The molecule has 1 aromatic rings. The highest BCUT2D eigenvalue weighted by Crippen LogP contribution is 2.26. The molecule has 20 heavy (non-hydrogen) atoms. The highest BCUT2D eigenvalue weighted by atomic mass is 32.2. The lowest BCUT2D eigenvalue weighted by Crippen LogP contribution is -2.38. The van der Waals surface area contributed by atoms with E-state index >= 15 is 0 Å². The first-order valence-electron chi connectivity index (χ1n) is 6.94. The van der Waals surface area contributed by atoms with Gasteiger partial charge in [0.2, 0.25) is 5.95 Å². The van der Waals surface area contributed by atoms with Crippen molar-refractivity contribution in [1.82, 2.24) is 14.8 Å². The molecule has 0 bridgehead atoms. The summed E-state index contributed by atoms with van der Waals surface area (Å²) in [5, 5.41) is 18.3. The lowest BCUT2D eigenvalue weighted by Gasteiger charge is -2.28. The van der Waals surface area contributed by atoms with Crippen LogP contribution in [-0.4, -0.2) is 46.3 Å². The van der Waals surface area contributed by atoms with Gasteiger partial charge < -0.3 is 9.64 Å². The van der Waals surface area contributed by atoms with Gasteiger partial charge in [-0.05, 0) is 12.8 Å². The summed E-state index contributed by atoms with van der Waals surface area (Å²) in [5.74, 6) is 1.40. The van der Waals surface area contributed by atoms with E-state index in [0.29, 0.717) is 5.92 Å². The smallest absolute Gasteiger partial charge is 0.228 e. The number of aromatic nitrogens is 3. The molecule has 0 unspecified atom stereocenters. The monoisotopic (exact) mass is 295 g/mol. The number of hydrogen-bond acceptors (Lipinski definition) is 6. The number of ether oxygens (including phenoxy) is 1. The zero-order valence-electron chi connectivity index (χ0n) is 12.2. The van der Waals surface area contributed by atoms with Gasteiger partial charge in [-0.15, -0.1) is 10.2 Å². The second-order valence-electron chi connectivity index (χ2n) is 5.28. The van der Waals surface area contributed by atoms with Crippen LogP contribution in [0.4, 0.5) is 5.95 Å². The molecule has 1 aliphatic heterocycles. The van der Waals surface area contributed by atoms with Crippen LogP contribution in [0.1, 0.15) is 20.8 Å². The van der Waals surface area contributed by atoms with Gasteiger partial charge in [0, 0.05) is 19.6 Å². The largest absolute Gasteiger partial charge is 0.378 e. The van der Waals surface area contributed by atoms with Crippen LogP contribution in [0.15, 0.2) is 5.16 Å². The molecule has 1 atom stereocenters. The average molecular weight is 295 g/mol. The second kappa shape index (κ2) is 6.95. The third-order valence-electron chi connectivity index (χ3n) is 3.00. The molecule has 2 rings (SSSR count). The summed E-state index contributed by atoms with van der Waals surface area (Å²) >= 11 is 1.47. The van der Waals surface area contributed by atoms with E-state index in [2.05, 4.69) is 39.6 Å². The fraction of sp³-hybridized carbons (Fsp3) is 0.769. The number of hydrogen-bond donors (Lipinski definition) is 0. The summed E-state index contributed by atoms with van der Waals surface area (Å²) in [6.45, 7) is 10.2. The minimum absolute atomic E-state index is 0.123. The zero-order valence-corrected chi connectivity index (χ0v) is 13.1. The Morgan fingerprint density at radius 3 is 2.60 bits per heavy atom. The quantitative estimate of drug-likeness (QED) is 0.771. The van der Waals surface area contributed by atoms with Gasteiger partial charge in [0.25, 0.3) is 0 Å². The van der Waals surface area contributed by atoms with E-state index in [1.54, 1.807) is 0 Å². The van der Waals surface area contributed by atoms with Crippen molar-refractivity contribution in [3.63, 3.8) is 0 Å². The van der Waals surface area contributed by atoms with E-state index in [9.17, 15) is 0 Å². The van der Waals surface area contributed by atoms with Crippen molar-refractivity contribution < 1.29 is 4.74 Å². The molecule has 0 spiro atoms. The standard InChI is InChI=1S/C13H21N5OS/c1-10(2)9-18-12(17-4-6-19-7-5-17)15-16-13(18)20-11(3)8-14/h10-11H,4-7,9H2,1-3H3/t11-/m0/s1. The number of anilines is 1. The first-order valence-corrected chi connectivity index (χ1v) is 7.82. The van der Waals surface area contributed by atoms with Crippen LogP contribution < -0.4 is 4.90 Å².